The normalized spacial score (nSPS) is 14.3. The molecule has 6 heteroatoms. The highest BCUT2D eigenvalue weighted by molar-refractivity contribution is 6.04. The zero-order valence-corrected chi connectivity index (χ0v) is 10.2. The maximum absolute atomic E-state index is 12.0. The Labute approximate surface area is 104 Å². The zero-order chi connectivity index (χ0) is 12.5. The van der Waals surface area contributed by atoms with E-state index in [9.17, 15) is 4.79 Å². The van der Waals surface area contributed by atoms with Crippen LogP contribution in [-0.4, -0.2) is 25.7 Å². The Bertz CT molecular complexity index is 560. The van der Waals surface area contributed by atoms with Crippen molar-refractivity contribution in [1.82, 2.24) is 19.7 Å². The third-order valence-electron chi connectivity index (χ3n) is 3.19. The Morgan fingerprint density at radius 1 is 1.50 bits per heavy atom. The number of fused-ring (bicyclic) bond motifs is 1. The van der Waals surface area contributed by atoms with E-state index >= 15 is 0 Å². The molecule has 18 heavy (non-hydrogen) atoms. The first-order valence-corrected chi connectivity index (χ1v) is 6.13. The minimum atomic E-state index is -0.170. The lowest BCUT2D eigenvalue weighted by Gasteiger charge is -2.09. The summed E-state index contributed by atoms with van der Waals surface area (Å²) < 4.78 is 1.88. The van der Waals surface area contributed by atoms with E-state index in [0.717, 1.165) is 37.3 Å². The number of amides is 1. The van der Waals surface area contributed by atoms with Crippen LogP contribution in [-0.2, 0) is 13.0 Å². The van der Waals surface area contributed by atoms with Gasteiger partial charge in [0, 0.05) is 24.9 Å². The molecule has 1 aliphatic rings. The summed E-state index contributed by atoms with van der Waals surface area (Å²) in [4.78, 5) is 19.3. The molecule has 1 aliphatic heterocycles. The second kappa shape index (κ2) is 4.29. The van der Waals surface area contributed by atoms with Crippen LogP contribution >= 0.6 is 0 Å². The van der Waals surface area contributed by atoms with Crippen molar-refractivity contribution < 1.29 is 4.79 Å². The lowest BCUT2D eigenvalue weighted by Crippen LogP contribution is -2.14. The fraction of sp³-hybridized carbons (Fsp3) is 0.417. The van der Waals surface area contributed by atoms with Crippen LogP contribution in [0.2, 0.25) is 0 Å². The number of H-pyrrole nitrogens is 1. The quantitative estimate of drug-likeness (QED) is 0.842. The largest absolute Gasteiger partial charge is 0.365 e. The van der Waals surface area contributed by atoms with E-state index < -0.39 is 0 Å². The van der Waals surface area contributed by atoms with Gasteiger partial charge in [0.2, 0.25) is 5.95 Å². The summed E-state index contributed by atoms with van der Waals surface area (Å²) in [6.45, 7) is 2.75. The molecule has 3 heterocycles. The van der Waals surface area contributed by atoms with Gasteiger partial charge in [-0.2, -0.15) is 4.98 Å². The first-order chi connectivity index (χ1) is 8.74. The molecular formula is C12H15N5O. The van der Waals surface area contributed by atoms with Crippen molar-refractivity contribution in [2.75, 3.05) is 5.32 Å². The lowest BCUT2D eigenvalue weighted by molar-refractivity contribution is 0.102. The molecule has 0 unspecified atom stereocenters. The van der Waals surface area contributed by atoms with Gasteiger partial charge in [-0.1, -0.05) is 0 Å². The fourth-order valence-corrected chi connectivity index (χ4v) is 2.20. The fourth-order valence-electron chi connectivity index (χ4n) is 2.20. The van der Waals surface area contributed by atoms with Gasteiger partial charge < -0.3 is 4.98 Å². The van der Waals surface area contributed by atoms with Crippen LogP contribution in [0.3, 0.4) is 0 Å². The average molecular weight is 245 g/mol. The molecule has 0 atom stereocenters. The number of aromatic amines is 1. The predicted molar refractivity (Wildman–Crippen MR) is 66.4 cm³/mol. The number of carbonyl (C=O) groups is 1. The zero-order valence-electron chi connectivity index (χ0n) is 10.2. The Balaban J connectivity index is 1.79. The summed E-state index contributed by atoms with van der Waals surface area (Å²) in [5.74, 6) is 1.19. The molecule has 6 nitrogen and oxygen atoms in total. The summed E-state index contributed by atoms with van der Waals surface area (Å²) in [5.41, 5.74) is 1.47. The summed E-state index contributed by atoms with van der Waals surface area (Å²) in [7, 11) is 0. The van der Waals surface area contributed by atoms with Gasteiger partial charge in [0.05, 0.1) is 5.56 Å². The second-order valence-electron chi connectivity index (χ2n) is 4.50. The summed E-state index contributed by atoms with van der Waals surface area (Å²) >= 11 is 0. The standard InChI is InChI=1S/C12H15N5O/c1-8-9(5-6-13-8)11(18)15-12-14-10-4-2-3-7-17(10)16-12/h5-6,13H,2-4,7H2,1H3,(H,15,16,18). The molecule has 0 bridgehead atoms. The van der Waals surface area contributed by atoms with Crippen LogP contribution in [0.15, 0.2) is 12.3 Å². The maximum Gasteiger partial charge on any atom is 0.259 e. The van der Waals surface area contributed by atoms with Crippen molar-refractivity contribution >= 4 is 11.9 Å². The van der Waals surface area contributed by atoms with Crippen molar-refractivity contribution in [3.63, 3.8) is 0 Å². The van der Waals surface area contributed by atoms with Gasteiger partial charge in [-0.25, -0.2) is 4.68 Å². The Hall–Kier alpha value is -2.11. The van der Waals surface area contributed by atoms with Gasteiger partial charge in [0.15, 0.2) is 0 Å². The van der Waals surface area contributed by atoms with Gasteiger partial charge >= 0.3 is 0 Å². The third kappa shape index (κ3) is 1.90. The second-order valence-corrected chi connectivity index (χ2v) is 4.50. The molecule has 2 N–H and O–H groups in total. The van der Waals surface area contributed by atoms with Crippen molar-refractivity contribution in [2.45, 2.75) is 32.7 Å². The molecule has 2 aromatic rings. The summed E-state index contributed by atoms with van der Waals surface area (Å²) in [5, 5.41) is 7.03. The maximum atomic E-state index is 12.0. The number of hydrogen-bond donors (Lipinski definition) is 2. The molecule has 94 valence electrons. The number of anilines is 1. The van der Waals surface area contributed by atoms with Crippen molar-refractivity contribution in [3.05, 3.63) is 29.3 Å². The lowest BCUT2D eigenvalue weighted by atomic mass is 10.2. The first-order valence-electron chi connectivity index (χ1n) is 6.13. The van der Waals surface area contributed by atoms with Gasteiger partial charge in [-0.3, -0.25) is 10.1 Å². The topological polar surface area (TPSA) is 75.6 Å². The summed E-state index contributed by atoms with van der Waals surface area (Å²) in [6, 6.07) is 1.75. The minimum absolute atomic E-state index is 0.170. The minimum Gasteiger partial charge on any atom is -0.365 e. The number of carbonyl (C=O) groups excluding carboxylic acids is 1. The van der Waals surface area contributed by atoms with Crippen molar-refractivity contribution in [1.29, 1.82) is 0 Å². The molecule has 0 fully saturated rings. The van der Waals surface area contributed by atoms with Crippen LogP contribution in [0.5, 0.6) is 0 Å². The van der Waals surface area contributed by atoms with Crippen LogP contribution in [0.4, 0.5) is 5.95 Å². The number of nitrogens with one attached hydrogen (secondary N) is 2. The third-order valence-corrected chi connectivity index (χ3v) is 3.19. The Kier molecular flexibility index (Phi) is 2.62. The number of aryl methyl sites for hydroxylation is 3. The molecule has 0 spiro atoms. The van der Waals surface area contributed by atoms with E-state index in [0.29, 0.717) is 11.5 Å². The van der Waals surface area contributed by atoms with E-state index in [2.05, 4.69) is 20.4 Å². The highest BCUT2D eigenvalue weighted by atomic mass is 16.1. The molecule has 2 aromatic heterocycles. The van der Waals surface area contributed by atoms with Crippen LogP contribution < -0.4 is 5.32 Å². The predicted octanol–water partition coefficient (Wildman–Crippen LogP) is 1.50. The van der Waals surface area contributed by atoms with E-state index in [-0.39, 0.29) is 5.91 Å². The van der Waals surface area contributed by atoms with E-state index in [1.54, 1.807) is 12.3 Å². The molecule has 3 rings (SSSR count). The van der Waals surface area contributed by atoms with Crippen molar-refractivity contribution in [2.24, 2.45) is 0 Å². The summed E-state index contributed by atoms with van der Waals surface area (Å²) in [6.07, 6.45) is 4.95. The number of hydrogen-bond acceptors (Lipinski definition) is 3. The smallest absolute Gasteiger partial charge is 0.259 e. The van der Waals surface area contributed by atoms with Crippen LogP contribution in [0, 0.1) is 6.92 Å². The van der Waals surface area contributed by atoms with Crippen LogP contribution in [0.25, 0.3) is 0 Å². The van der Waals surface area contributed by atoms with Crippen LogP contribution in [0.1, 0.15) is 34.7 Å². The molecule has 1 amide bonds. The molecule has 0 aliphatic carbocycles. The van der Waals surface area contributed by atoms with Gasteiger partial charge in [0.25, 0.3) is 5.91 Å². The van der Waals surface area contributed by atoms with Gasteiger partial charge in [-0.05, 0) is 25.8 Å². The average Bonchev–Trinajstić information content (AvgIpc) is 2.94. The molecular weight excluding hydrogens is 230 g/mol. The number of nitrogens with zero attached hydrogens (tertiary/aromatic N) is 3. The highest BCUT2D eigenvalue weighted by Gasteiger charge is 2.16. The van der Waals surface area contributed by atoms with Crippen molar-refractivity contribution in [3.8, 4) is 0 Å². The highest BCUT2D eigenvalue weighted by Crippen LogP contribution is 2.15. The molecule has 0 saturated heterocycles. The van der Waals surface area contributed by atoms with E-state index in [1.165, 1.54) is 0 Å². The van der Waals surface area contributed by atoms with E-state index in [4.69, 9.17) is 0 Å². The van der Waals surface area contributed by atoms with Gasteiger partial charge in [0.1, 0.15) is 5.82 Å². The molecule has 0 saturated carbocycles. The monoisotopic (exact) mass is 245 g/mol. The number of aromatic nitrogens is 4. The number of rotatable bonds is 2. The SMILES string of the molecule is Cc1[nH]ccc1C(=O)Nc1nc2n(n1)CCCC2. The van der Waals surface area contributed by atoms with E-state index in [1.807, 2.05) is 11.6 Å². The first kappa shape index (κ1) is 11.0. The Morgan fingerprint density at radius 3 is 3.11 bits per heavy atom. The van der Waals surface area contributed by atoms with Gasteiger partial charge in [-0.15, -0.1) is 5.10 Å². The molecule has 0 aromatic carbocycles. The molecule has 0 radical (unpaired) electrons. The Morgan fingerprint density at radius 2 is 2.39 bits per heavy atom.